The van der Waals surface area contributed by atoms with Crippen LogP contribution in [0.5, 0.6) is 0 Å². The highest BCUT2D eigenvalue weighted by Gasteiger charge is 2.14. The first-order chi connectivity index (χ1) is 9.65. The molecule has 1 aromatic rings. The van der Waals surface area contributed by atoms with Crippen LogP contribution in [-0.4, -0.2) is 31.7 Å². The van der Waals surface area contributed by atoms with Gasteiger partial charge >= 0.3 is 0 Å². The Balaban J connectivity index is 1.72. The summed E-state index contributed by atoms with van der Waals surface area (Å²) >= 11 is 11.8. The van der Waals surface area contributed by atoms with Gasteiger partial charge in [0.25, 0.3) is 0 Å². The number of piperidine rings is 1. The molecule has 1 amide bonds. The lowest BCUT2D eigenvalue weighted by molar-refractivity contribution is -0.117. The summed E-state index contributed by atoms with van der Waals surface area (Å²) in [5.74, 6) is -0.108. The van der Waals surface area contributed by atoms with Crippen LogP contribution in [0.2, 0.25) is 10.0 Å². The van der Waals surface area contributed by atoms with Crippen molar-refractivity contribution in [2.45, 2.75) is 25.4 Å². The second-order valence-corrected chi connectivity index (χ2v) is 5.59. The third kappa shape index (κ3) is 4.94. The van der Waals surface area contributed by atoms with Crippen LogP contribution in [0.4, 0.5) is 5.69 Å². The van der Waals surface area contributed by atoms with Gasteiger partial charge < -0.3 is 15.4 Å². The Morgan fingerprint density at radius 3 is 2.80 bits per heavy atom. The van der Waals surface area contributed by atoms with E-state index in [0.29, 0.717) is 28.8 Å². The number of hydrogen-bond acceptors (Lipinski definition) is 3. The van der Waals surface area contributed by atoms with Gasteiger partial charge in [-0.3, -0.25) is 4.79 Å². The molecule has 0 spiro atoms. The highest BCUT2D eigenvalue weighted by atomic mass is 35.5. The van der Waals surface area contributed by atoms with Gasteiger partial charge in [0.1, 0.15) is 0 Å². The van der Waals surface area contributed by atoms with E-state index < -0.39 is 0 Å². The van der Waals surface area contributed by atoms with E-state index >= 15 is 0 Å². The van der Waals surface area contributed by atoms with E-state index in [2.05, 4.69) is 10.6 Å². The maximum absolute atomic E-state index is 11.8. The second-order valence-electron chi connectivity index (χ2n) is 4.74. The summed E-state index contributed by atoms with van der Waals surface area (Å²) in [6.07, 6.45) is 2.60. The molecule has 0 saturated carbocycles. The molecule has 0 aromatic heterocycles. The van der Waals surface area contributed by atoms with Gasteiger partial charge in [0.05, 0.1) is 29.8 Å². The van der Waals surface area contributed by atoms with Crippen LogP contribution in [-0.2, 0) is 9.53 Å². The number of hydrogen-bond donors (Lipinski definition) is 2. The summed E-state index contributed by atoms with van der Waals surface area (Å²) in [5.41, 5.74) is 0.572. The fourth-order valence-electron chi connectivity index (χ4n) is 2.08. The molecule has 0 bridgehead atoms. The number of nitrogens with one attached hydrogen (secondary N) is 2. The van der Waals surface area contributed by atoms with Gasteiger partial charge in [-0.1, -0.05) is 23.2 Å². The molecule has 4 nitrogen and oxygen atoms in total. The molecule has 20 heavy (non-hydrogen) atoms. The summed E-state index contributed by atoms with van der Waals surface area (Å²) in [4.78, 5) is 11.8. The quantitative estimate of drug-likeness (QED) is 0.877. The van der Waals surface area contributed by atoms with Crippen molar-refractivity contribution >= 4 is 34.8 Å². The van der Waals surface area contributed by atoms with Crippen LogP contribution in [0.3, 0.4) is 0 Å². The van der Waals surface area contributed by atoms with Crippen molar-refractivity contribution in [3.05, 3.63) is 28.2 Å². The molecule has 1 aliphatic rings. The first-order valence-corrected chi connectivity index (χ1v) is 7.48. The largest absolute Gasteiger partial charge is 0.378 e. The van der Waals surface area contributed by atoms with E-state index in [1.807, 2.05) is 0 Å². The lowest BCUT2D eigenvalue weighted by Crippen LogP contribution is -2.33. The van der Waals surface area contributed by atoms with Crippen LogP contribution < -0.4 is 10.6 Å². The van der Waals surface area contributed by atoms with Gasteiger partial charge in [-0.2, -0.15) is 0 Å². The SMILES string of the molecule is O=C(CCOC1CCNCC1)Nc1ccc(Cl)cc1Cl. The minimum atomic E-state index is -0.108. The standard InChI is InChI=1S/C14H18Cl2N2O2/c15-10-1-2-13(12(16)9-10)18-14(19)5-8-20-11-3-6-17-7-4-11/h1-2,9,11,17H,3-8H2,(H,18,19). The Morgan fingerprint density at radius 1 is 1.35 bits per heavy atom. The Hall–Kier alpha value is -0.810. The predicted molar refractivity (Wildman–Crippen MR) is 81.6 cm³/mol. The zero-order chi connectivity index (χ0) is 14.4. The third-order valence-electron chi connectivity index (χ3n) is 3.17. The van der Waals surface area contributed by atoms with E-state index in [1.54, 1.807) is 18.2 Å². The number of halogens is 2. The highest BCUT2D eigenvalue weighted by molar-refractivity contribution is 6.36. The second kappa shape index (κ2) is 7.84. The minimum absolute atomic E-state index is 0.108. The zero-order valence-electron chi connectivity index (χ0n) is 11.1. The molecule has 2 rings (SSSR count). The van der Waals surface area contributed by atoms with Gasteiger partial charge in [-0.05, 0) is 44.1 Å². The first kappa shape index (κ1) is 15.6. The average Bonchev–Trinajstić information content (AvgIpc) is 2.43. The van der Waals surface area contributed by atoms with E-state index in [0.717, 1.165) is 25.9 Å². The molecule has 0 unspecified atom stereocenters. The first-order valence-electron chi connectivity index (χ1n) is 6.72. The predicted octanol–water partition coefficient (Wildman–Crippen LogP) is 3.09. The van der Waals surface area contributed by atoms with Crippen molar-refractivity contribution < 1.29 is 9.53 Å². The number of anilines is 1. The highest BCUT2D eigenvalue weighted by Crippen LogP contribution is 2.25. The molecule has 0 atom stereocenters. The lowest BCUT2D eigenvalue weighted by Gasteiger charge is -2.22. The Morgan fingerprint density at radius 2 is 2.10 bits per heavy atom. The van der Waals surface area contributed by atoms with Crippen molar-refractivity contribution in [3.8, 4) is 0 Å². The Labute approximate surface area is 128 Å². The number of benzene rings is 1. The van der Waals surface area contributed by atoms with E-state index in [4.69, 9.17) is 27.9 Å². The van der Waals surface area contributed by atoms with E-state index in [9.17, 15) is 4.79 Å². The van der Waals surface area contributed by atoms with Crippen LogP contribution in [0, 0.1) is 0 Å². The van der Waals surface area contributed by atoms with Gasteiger partial charge in [0.15, 0.2) is 0 Å². The molecule has 2 N–H and O–H groups in total. The van der Waals surface area contributed by atoms with Crippen molar-refractivity contribution in [3.63, 3.8) is 0 Å². The minimum Gasteiger partial charge on any atom is -0.378 e. The lowest BCUT2D eigenvalue weighted by atomic mass is 10.1. The van der Waals surface area contributed by atoms with Crippen LogP contribution in [0.15, 0.2) is 18.2 Å². The van der Waals surface area contributed by atoms with Crippen molar-refractivity contribution in [1.82, 2.24) is 5.32 Å². The summed E-state index contributed by atoms with van der Waals surface area (Å²) in [6.45, 7) is 2.40. The van der Waals surface area contributed by atoms with Crippen molar-refractivity contribution in [2.24, 2.45) is 0 Å². The van der Waals surface area contributed by atoms with E-state index in [1.165, 1.54) is 0 Å². The molecule has 6 heteroatoms. The summed E-state index contributed by atoms with van der Waals surface area (Å²) in [6, 6.07) is 4.98. The molecule has 1 heterocycles. The van der Waals surface area contributed by atoms with Gasteiger partial charge in [0, 0.05) is 5.02 Å². The number of rotatable bonds is 5. The summed E-state index contributed by atoms with van der Waals surface area (Å²) in [7, 11) is 0. The molecule has 0 aliphatic carbocycles. The van der Waals surface area contributed by atoms with E-state index in [-0.39, 0.29) is 12.0 Å². The molecule has 1 aromatic carbocycles. The van der Waals surface area contributed by atoms with Gasteiger partial charge in [0.2, 0.25) is 5.91 Å². The molecular weight excluding hydrogens is 299 g/mol. The molecule has 1 saturated heterocycles. The topological polar surface area (TPSA) is 50.4 Å². The molecule has 110 valence electrons. The molecule has 0 radical (unpaired) electrons. The van der Waals surface area contributed by atoms with Gasteiger partial charge in [-0.15, -0.1) is 0 Å². The third-order valence-corrected chi connectivity index (χ3v) is 3.72. The number of amides is 1. The van der Waals surface area contributed by atoms with Crippen molar-refractivity contribution in [1.29, 1.82) is 0 Å². The summed E-state index contributed by atoms with van der Waals surface area (Å²) in [5, 5.41) is 7.00. The van der Waals surface area contributed by atoms with Crippen LogP contribution in [0.1, 0.15) is 19.3 Å². The normalized spacial score (nSPS) is 16.1. The fourth-order valence-corrected chi connectivity index (χ4v) is 2.54. The maximum atomic E-state index is 11.8. The fraction of sp³-hybridized carbons (Fsp3) is 0.500. The van der Waals surface area contributed by atoms with Crippen LogP contribution in [0.25, 0.3) is 0 Å². The average molecular weight is 317 g/mol. The van der Waals surface area contributed by atoms with Gasteiger partial charge in [-0.25, -0.2) is 0 Å². The van der Waals surface area contributed by atoms with Crippen LogP contribution >= 0.6 is 23.2 Å². The summed E-state index contributed by atoms with van der Waals surface area (Å²) < 4.78 is 5.69. The maximum Gasteiger partial charge on any atom is 0.226 e. The smallest absolute Gasteiger partial charge is 0.226 e. The zero-order valence-corrected chi connectivity index (χ0v) is 12.6. The molecular formula is C14H18Cl2N2O2. The molecule has 1 aliphatic heterocycles. The monoisotopic (exact) mass is 316 g/mol. The van der Waals surface area contributed by atoms with Crippen molar-refractivity contribution in [2.75, 3.05) is 25.0 Å². The number of carbonyl (C=O) groups is 1. The Bertz CT molecular complexity index is 462. The Kier molecular flexibility index (Phi) is 6.10. The number of ether oxygens (including phenoxy) is 1. The molecule has 1 fully saturated rings. The number of carbonyl (C=O) groups excluding carboxylic acids is 1.